The van der Waals surface area contributed by atoms with Crippen molar-refractivity contribution in [3.8, 4) is 11.4 Å². The fourth-order valence-electron chi connectivity index (χ4n) is 3.21. The third-order valence-corrected chi connectivity index (χ3v) is 6.22. The van der Waals surface area contributed by atoms with Gasteiger partial charge >= 0.3 is 0 Å². The summed E-state index contributed by atoms with van der Waals surface area (Å²) in [6.07, 6.45) is 3.56. The third-order valence-electron chi connectivity index (χ3n) is 4.73. The van der Waals surface area contributed by atoms with Crippen molar-refractivity contribution in [2.75, 3.05) is 11.1 Å². The molecule has 1 amide bonds. The van der Waals surface area contributed by atoms with Crippen LogP contribution in [0.2, 0.25) is 0 Å². The molecule has 3 rings (SSSR count). The number of anilines is 1. The van der Waals surface area contributed by atoms with E-state index in [2.05, 4.69) is 64.0 Å². The smallest absolute Gasteiger partial charge is 0.234 e. The lowest BCUT2D eigenvalue weighted by Crippen LogP contribution is -2.17. The molecular weight excluding hydrogens is 460 g/mol. The van der Waals surface area contributed by atoms with Crippen LogP contribution in [0.4, 0.5) is 5.69 Å². The number of aryl methyl sites for hydroxylation is 2. The molecule has 156 valence electrons. The van der Waals surface area contributed by atoms with Gasteiger partial charge in [0.1, 0.15) is 0 Å². The van der Waals surface area contributed by atoms with Crippen LogP contribution < -0.4 is 5.32 Å². The summed E-state index contributed by atoms with van der Waals surface area (Å²) < 4.78 is 2.98. The molecule has 0 aliphatic carbocycles. The number of carbonyl (C=O) groups excluding carboxylic acids is 1. The van der Waals surface area contributed by atoms with Crippen molar-refractivity contribution in [3.05, 3.63) is 70.7 Å². The van der Waals surface area contributed by atoms with Crippen molar-refractivity contribution in [2.45, 2.75) is 38.4 Å². The van der Waals surface area contributed by atoms with Gasteiger partial charge in [0.2, 0.25) is 5.91 Å². The predicted octanol–water partition coefficient (Wildman–Crippen LogP) is 5.75. The Balaban J connectivity index is 1.75. The van der Waals surface area contributed by atoms with Crippen LogP contribution in [0.25, 0.3) is 11.4 Å². The van der Waals surface area contributed by atoms with Crippen LogP contribution in [0.1, 0.15) is 25.0 Å². The van der Waals surface area contributed by atoms with Crippen molar-refractivity contribution in [1.29, 1.82) is 0 Å². The molecule has 0 aliphatic rings. The molecule has 0 atom stereocenters. The molecule has 5 nitrogen and oxygen atoms in total. The number of amides is 1. The highest BCUT2D eigenvalue weighted by Gasteiger charge is 2.16. The van der Waals surface area contributed by atoms with E-state index in [1.54, 1.807) is 6.08 Å². The lowest BCUT2D eigenvalue weighted by molar-refractivity contribution is -0.113. The van der Waals surface area contributed by atoms with Gasteiger partial charge in [-0.1, -0.05) is 77.9 Å². The van der Waals surface area contributed by atoms with Gasteiger partial charge in [-0.3, -0.25) is 9.36 Å². The van der Waals surface area contributed by atoms with Crippen molar-refractivity contribution in [2.24, 2.45) is 0 Å². The number of hydrogen-bond acceptors (Lipinski definition) is 4. The predicted molar refractivity (Wildman–Crippen MR) is 128 cm³/mol. The molecular formula is C23H25BrN4OS. The zero-order valence-corrected chi connectivity index (χ0v) is 19.6. The van der Waals surface area contributed by atoms with E-state index in [1.165, 1.54) is 11.8 Å². The van der Waals surface area contributed by atoms with Crippen molar-refractivity contribution >= 4 is 39.3 Å². The number of halogens is 1. The number of allylic oxidation sites excluding steroid dienone is 1. The number of nitrogens with zero attached hydrogens (tertiary/aromatic N) is 3. The molecule has 1 aromatic heterocycles. The summed E-state index contributed by atoms with van der Waals surface area (Å²) in [5, 5.41) is 12.5. The summed E-state index contributed by atoms with van der Waals surface area (Å²) in [6.45, 7) is 8.61. The number of para-hydroxylation sites is 1. The zero-order valence-electron chi connectivity index (χ0n) is 17.2. The van der Waals surface area contributed by atoms with E-state index in [0.717, 1.165) is 45.5 Å². The molecule has 3 aromatic rings. The average Bonchev–Trinajstić information content (AvgIpc) is 3.15. The molecule has 0 bridgehead atoms. The Hall–Kier alpha value is -2.38. The van der Waals surface area contributed by atoms with Gasteiger partial charge in [-0.15, -0.1) is 16.8 Å². The number of benzene rings is 2. The van der Waals surface area contributed by atoms with Gasteiger partial charge in [0.25, 0.3) is 0 Å². The van der Waals surface area contributed by atoms with Crippen LogP contribution in [0.5, 0.6) is 0 Å². The Morgan fingerprint density at radius 2 is 1.80 bits per heavy atom. The number of aromatic nitrogens is 3. The molecule has 0 spiro atoms. The van der Waals surface area contributed by atoms with E-state index < -0.39 is 0 Å². The maximum atomic E-state index is 12.7. The van der Waals surface area contributed by atoms with Crippen LogP contribution in [0, 0.1) is 0 Å². The zero-order chi connectivity index (χ0) is 21.5. The summed E-state index contributed by atoms with van der Waals surface area (Å²) in [4.78, 5) is 12.7. The molecule has 0 unspecified atom stereocenters. The van der Waals surface area contributed by atoms with Crippen molar-refractivity contribution in [3.63, 3.8) is 0 Å². The van der Waals surface area contributed by atoms with E-state index in [1.807, 2.05) is 34.9 Å². The Labute approximate surface area is 190 Å². The van der Waals surface area contributed by atoms with E-state index >= 15 is 0 Å². The van der Waals surface area contributed by atoms with Crippen LogP contribution >= 0.6 is 27.7 Å². The molecule has 7 heteroatoms. The molecule has 0 fully saturated rings. The number of hydrogen-bond donors (Lipinski definition) is 1. The highest BCUT2D eigenvalue weighted by molar-refractivity contribution is 9.10. The highest BCUT2D eigenvalue weighted by Crippen LogP contribution is 2.26. The van der Waals surface area contributed by atoms with Crippen LogP contribution in [-0.4, -0.2) is 26.4 Å². The van der Waals surface area contributed by atoms with Crippen LogP contribution in [-0.2, 0) is 24.2 Å². The number of thioether (sulfide) groups is 1. The van der Waals surface area contributed by atoms with Crippen molar-refractivity contribution < 1.29 is 4.79 Å². The van der Waals surface area contributed by atoms with E-state index in [4.69, 9.17) is 0 Å². The Kier molecular flexibility index (Phi) is 7.87. The summed E-state index contributed by atoms with van der Waals surface area (Å²) in [6, 6.07) is 14.1. The van der Waals surface area contributed by atoms with Gasteiger partial charge in [-0.2, -0.15) is 0 Å². The van der Waals surface area contributed by atoms with Gasteiger partial charge in [0, 0.05) is 22.3 Å². The van der Waals surface area contributed by atoms with Gasteiger partial charge in [-0.05, 0) is 36.1 Å². The van der Waals surface area contributed by atoms with Gasteiger partial charge in [0.05, 0.1) is 5.75 Å². The minimum atomic E-state index is -0.0473. The standard InChI is InChI=1S/C23H25BrN4OS/c1-4-14-28-22(18-10-12-19(24)13-11-18)26-27-23(28)30-15-20(29)25-21-16(5-2)8-7-9-17(21)6-3/h4,7-13H,1,5-6,14-15H2,2-3H3,(H,25,29). The average molecular weight is 485 g/mol. The Morgan fingerprint density at radius 3 is 2.40 bits per heavy atom. The largest absolute Gasteiger partial charge is 0.325 e. The van der Waals surface area contributed by atoms with E-state index in [0.29, 0.717) is 11.7 Å². The molecule has 0 radical (unpaired) electrons. The molecule has 2 aromatic carbocycles. The topological polar surface area (TPSA) is 59.8 Å². The van der Waals surface area contributed by atoms with E-state index in [-0.39, 0.29) is 11.7 Å². The van der Waals surface area contributed by atoms with Crippen molar-refractivity contribution in [1.82, 2.24) is 14.8 Å². The quantitative estimate of drug-likeness (QED) is 0.310. The maximum absolute atomic E-state index is 12.7. The first-order valence-corrected chi connectivity index (χ1v) is 11.7. The Morgan fingerprint density at radius 1 is 1.13 bits per heavy atom. The van der Waals surface area contributed by atoms with Gasteiger partial charge < -0.3 is 5.32 Å². The SMILES string of the molecule is C=CCn1c(SCC(=O)Nc2c(CC)cccc2CC)nnc1-c1ccc(Br)cc1. The number of rotatable bonds is 9. The summed E-state index contributed by atoms with van der Waals surface area (Å²) in [5.74, 6) is 0.973. The summed E-state index contributed by atoms with van der Waals surface area (Å²) in [7, 11) is 0. The second kappa shape index (κ2) is 10.6. The molecule has 1 N–H and O–H groups in total. The van der Waals surface area contributed by atoms with E-state index in [9.17, 15) is 4.79 Å². The van der Waals surface area contributed by atoms with Gasteiger partial charge in [-0.25, -0.2) is 0 Å². The molecule has 1 heterocycles. The first-order valence-electron chi connectivity index (χ1n) is 9.90. The minimum absolute atomic E-state index is 0.0473. The normalized spacial score (nSPS) is 10.8. The van der Waals surface area contributed by atoms with Crippen LogP contribution in [0.15, 0.2) is 64.7 Å². The first-order chi connectivity index (χ1) is 14.6. The minimum Gasteiger partial charge on any atom is -0.325 e. The summed E-state index contributed by atoms with van der Waals surface area (Å²) in [5.41, 5.74) is 4.21. The highest BCUT2D eigenvalue weighted by atomic mass is 79.9. The lowest BCUT2D eigenvalue weighted by atomic mass is 10.0. The molecule has 0 saturated carbocycles. The summed E-state index contributed by atoms with van der Waals surface area (Å²) >= 11 is 4.83. The maximum Gasteiger partial charge on any atom is 0.234 e. The third kappa shape index (κ3) is 5.21. The second-order valence-corrected chi connectivity index (χ2v) is 8.57. The molecule has 0 saturated heterocycles. The first kappa shape index (κ1) is 22.3. The number of nitrogens with one attached hydrogen (secondary N) is 1. The lowest BCUT2D eigenvalue weighted by Gasteiger charge is -2.14. The second-order valence-electron chi connectivity index (χ2n) is 6.71. The van der Waals surface area contributed by atoms with Crippen LogP contribution in [0.3, 0.4) is 0 Å². The Bertz CT molecular complexity index is 1010. The molecule has 30 heavy (non-hydrogen) atoms. The molecule has 0 aliphatic heterocycles. The fraction of sp³-hybridized carbons (Fsp3) is 0.261. The fourth-order valence-corrected chi connectivity index (χ4v) is 4.22. The number of carbonyl (C=O) groups is 1. The van der Waals surface area contributed by atoms with Gasteiger partial charge in [0.15, 0.2) is 11.0 Å². The monoisotopic (exact) mass is 484 g/mol.